The Morgan fingerprint density at radius 2 is 2.12 bits per heavy atom. The van der Waals surface area contributed by atoms with Crippen molar-refractivity contribution in [2.75, 3.05) is 5.32 Å². The molecule has 0 unspecified atom stereocenters. The molecule has 0 saturated heterocycles. The normalized spacial score (nSPS) is 11.8. The molecule has 0 bridgehead atoms. The molecule has 0 amide bonds. The van der Waals surface area contributed by atoms with Crippen LogP contribution < -0.4 is 5.32 Å². The molecule has 5 heteroatoms. The van der Waals surface area contributed by atoms with Crippen molar-refractivity contribution < 1.29 is 4.42 Å². The molecule has 2 rings (SSSR count). The highest BCUT2D eigenvalue weighted by atomic mass is 32.1. The Morgan fingerprint density at radius 3 is 2.69 bits per heavy atom. The van der Waals surface area contributed by atoms with Crippen molar-refractivity contribution in [2.24, 2.45) is 0 Å². The van der Waals surface area contributed by atoms with Crippen molar-refractivity contribution in [1.82, 2.24) is 9.36 Å². The molecule has 0 atom stereocenters. The van der Waals surface area contributed by atoms with Crippen molar-refractivity contribution in [3.8, 4) is 11.6 Å². The van der Waals surface area contributed by atoms with Crippen LogP contribution in [0.1, 0.15) is 26.3 Å². The number of hydrogen-bond donors (Lipinski definition) is 1. The summed E-state index contributed by atoms with van der Waals surface area (Å²) < 4.78 is 9.63. The van der Waals surface area contributed by atoms with E-state index in [9.17, 15) is 0 Å². The van der Waals surface area contributed by atoms with Crippen molar-refractivity contribution in [2.45, 2.75) is 33.2 Å². The molecule has 2 aromatic rings. The van der Waals surface area contributed by atoms with Gasteiger partial charge in [0.05, 0.1) is 6.26 Å². The van der Waals surface area contributed by atoms with Crippen LogP contribution in [0.25, 0.3) is 11.6 Å². The second-order valence-corrected chi connectivity index (χ2v) is 5.48. The topological polar surface area (TPSA) is 51.0 Å². The van der Waals surface area contributed by atoms with Crippen LogP contribution in [0.5, 0.6) is 0 Å². The van der Waals surface area contributed by atoms with Crippen LogP contribution in [0.3, 0.4) is 0 Å². The molecule has 2 aromatic heterocycles. The summed E-state index contributed by atoms with van der Waals surface area (Å²) in [5.41, 5.74) is 1.05. The highest BCUT2D eigenvalue weighted by Crippen LogP contribution is 2.26. The summed E-state index contributed by atoms with van der Waals surface area (Å²) >= 11 is 1.35. The molecule has 1 N–H and O–H groups in total. The minimum atomic E-state index is -0.00495. The Bertz CT molecular complexity index is 481. The van der Waals surface area contributed by atoms with Gasteiger partial charge in [-0.1, -0.05) is 0 Å². The van der Waals surface area contributed by atoms with E-state index in [1.54, 1.807) is 6.26 Å². The SMILES string of the molecule is Cc1ccoc1-c1nsc(NC(C)(C)C)n1. The van der Waals surface area contributed by atoms with E-state index in [-0.39, 0.29) is 5.54 Å². The number of nitrogens with one attached hydrogen (secondary N) is 1. The maximum absolute atomic E-state index is 5.35. The lowest BCUT2D eigenvalue weighted by atomic mass is 10.1. The van der Waals surface area contributed by atoms with Gasteiger partial charge in [0.2, 0.25) is 11.0 Å². The predicted octanol–water partition coefficient (Wildman–Crippen LogP) is 3.32. The van der Waals surface area contributed by atoms with Gasteiger partial charge in [0.15, 0.2) is 5.76 Å². The third kappa shape index (κ3) is 2.41. The Hall–Kier alpha value is -1.36. The van der Waals surface area contributed by atoms with Gasteiger partial charge in [0.25, 0.3) is 0 Å². The number of nitrogens with zero attached hydrogens (tertiary/aromatic N) is 2. The smallest absolute Gasteiger partial charge is 0.210 e. The minimum Gasteiger partial charge on any atom is -0.461 e. The Morgan fingerprint density at radius 1 is 1.38 bits per heavy atom. The molecule has 0 aliphatic carbocycles. The Labute approximate surface area is 98.9 Å². The third-order valence-electron chi connectivity index (χ3n) is 1.97. The first kappa shape index (κ1) is 11.1. The van der Waals surface area contributed by atoms with Crippen LogP contribution in [0.2, 0.25) is 0 Å². The molecule has 0 saturated carbocycles. The van der Waals surface area contributed by atoms with Gasteiger partial charge >= 0.3 is 0 Å². The van der Waals surface area contributed by atoms with Crippen molar-refractivity contribution in [1.29, 1.82) is 0 Å². The van der Waals surface area contributed by atoms with E-state index in [0.29, 0.717) is 5.82 Å². The summed E-state index contributed by atoms with van der Waals surface area (Å²) in [4.78, 5) is 4.40. The van der Waals surface area contributed by atoms with E-state index >= 15 is 0 Å². The van der Waals surface area contributed by atoms with E-state index in [4.69, 9.17) is 4.42 Å². The van der Waals surface area contributed by atoms with Crippen molar-refractivity contribution in [3.63, 3.8) is 0 Å². The molecule has 4 nitrogen and oxygen atoms in total. The molecule has 16 heavy (non-hydrogen) atoms. The number of aryl methyl sites for hydroxylation is 1. The average molecular weight is 237 g/mol. The zero-order chi connectivity index (χ0) is 11.8. The van der Waals surface area contributed by atoms with Gasteiger partial charge in [0.1, 0.15) is 0 Å². The van der Waals surface area contributed by atoms with E-state index in [1.807, 2.05) is 13.0 Å². The molecule has 2 heterocycles. The van der Waals surface area contributed by atoms with Crippen molar-refractivity contribution >= 4 is 16.7 Å². The summed E-state index contributed by atoms with van der Waals surface area (Å²) in [7, 11) is 0. The minimum absolute atomic E-state index is 0.00495. The van der Waals surface area contributed by atoms with Gasteiger partial charge in [0, 0.05) is 17.1 Å². The zero-order valence-electron chi connectivity index (χ0n) is 9.87. The Balaban J connectivity index is 2.24. The second-order valence-electron chi connectivity index (χ2n) is 4.73. The van der Waals surface area contributed by atoms with Gasteiger partial charge < -0.3 is 9.73 Å². The van der Waals surface area contributed by atoms with E-state index in [0.717, 1.165) is 16.5 Å². The zero-order valence-corrected chi connectivity index (χ0v) is 10.7. The van der Waals surface area contributed by atoms with Crippen LogP contribution in [0.15, 0.2) is 16.7 Å². The second kappa shape index (κ2) is 3.90. The van der Waals surface area contributed by atoms with Crippen LogP contribution in [-0.4, -0.2) is 14.9 Å². The molecular weight excluding hydrogens is 222 g/mol. The summed E-state index contributed by atoms with van der Waals surface area (Å²) in [5, 5.41) is 4.10. The fraction of sp³-hybridized carbons (Fsp3) is 0.455. The number of anilines is 1. The molecule has 0 radical (unpaired) electrons. The molecule has 86 valence electrons. The maximum atomic E-state index is 5.35. The predicted molar refractivity (Wildman–Crippen MR) is 65.7 cm³/mol. The average Bonchev–Trinajstić information content (AvgIpc) is 2.71. The highest BCUT2D eigenvalue weighted by molar-refractivity contribution is 7.09. The maximum Gasteiger partial charge on any atom is 0.210 e. The largest absolute Gasteiger partial charge is 0.461 e. The molecular formula is C11H15N3OS. The number of aromatic nitrogens is 2. The van der Waals surface area contributed by atoms with Crippen LogP contribution >= 0.6 is 11.5 Å². The Kier molecular flexibility index (Phi) is 2.71. The molecule has 0 aliphatic rings. The first-order valence-corrected chi connectivity index (χ1v) is 5.89. The molecule has 0 spiro atoms. The van der Waals surface area contributed by atoms with E-state index in [2.05, 4.69) is 35.4 Å². The van der Waals surface area contributed by atoms with Gasteiger partial charge in [-0.3, -0.25) is 0 Å². The van der Waals surface area contributed by atoms with Gasteiger partial charge in [-0.15, -0.1) is 0 Å². The van der Waals surface area contributed by atoms with E-state index in [1.165, 1.54) is 11.5 Å². The number of rotatable bonds is 2. The lowest BCUT2D eigenvalue weighted by Crippen LogP contribution is -2.25. The number of hydrogen-bond acceptors (Lipinski definition) is 5. The fourth-order valence-corrected chi connectivity index (χ4v) is 2.06. The van der Waals surface area contributed by atoms with E-state index < -0.39 is 0 Å². The quantitative estimate of drug-likeness (QED) is 0.870. The summed E-state index contributed by atoms with van der Waals surface area (Å²) in [6.45, 7) is 8.25. The standard InChI is InChI=1S/C11H15N3OS/c1-7-5-6-15-8(7)9-12-10(16-14-9)13-11(2,3)4/h5-6H,1-4H3,(H,12,13,14). The van der Waals surface area contributed by atoms with Crippen LogP contribution in [0.4, 0.5) is 5.13 Å². The summed E-state index contributed by atoms with van der Waals surface area (Å²) in [5.74, 6) is 1.40. The van der Waals surface area contributed by atoms with Gasteiger partial charge in [-0.25, -0.2) is 0 Å². The molecule has 0 aliphatic heterocycles. The summed E-state index contributed by atoms with van der Waals surface area (Å²) in [6, 6.07) is 1.91. The number of furan rings is 1. The molecule has 0 aromatic carbocycles. The summed E-state index contributed by atoms with van der Waals surface area (Å²) in [6.07, 6.45) is 1.66. The van der Waals surface area contributed by atoms with Crippen LogP contribution in [0, 0.1) is 6.92 Å². The van der Waals surface area contributed by atoms with Crippen molar-refractivity contribution in [3.05, 3.63) is 17.9 Å². The van der Waals surface area contributed by atoms with Gasteiger partial charge in [-0.2, -0.15) is 9.36 Å². The lowest BCUT2D eigenvalue weighted by Gasteiger charge is -2.18. The highest BCUT2D eigenvalue weighted by Gasteiger charge is 2.15. The lowest BCUT2D eigenvalue weighted by molar-refractivity contribution is 0.576. The monoisotopic (exact) mass is 237 g/mol. The van der Waals surface area contributed by atoms with Gasteiger partial charge in [-0.05, 0) is 39.3 Å². The first-order valence-electron chi connectivity index (χ1n) is 5.12. The first-order chi connectivity index (χ1) is 7.46. The fourth-order valence-electron chi connectivity index (χ4n) is 1.29. The molecule has 0 fully saturated rings. The van der Waals surface area contributed by atoms with Crippen LogP contribution in [-0.2, 0) is 0 Å². The third-order valence-corrected chi connectivity index (χ3v) is 2.60.